The normalized spacial score (nSPS) is 15.8. The van der Waals surface area contributed by atoms with Gasteiger partial charge in [0.25, 0.3) is 5.91 Å². The van der Waals surface area contributed by atoms with Crippen molar-refractivity contribution in [3.63, 3.8) is 0 Å². The Hall–Kier alpha value is -2.68. The Morgan fingerprint density at radius 1 is 1.12 bits per heavy atom. The third-order valence-electron chi connectivity index (χ3n) is 4.14. The van der Waals surface area contributed by atoms with Gasteiger partial charge in [-0.2, -0.15) is 13.2 Å². The molecule has 1 fully saturated rings. The Kier molecular flexibility index (Phi) is 5.08. The lowest BCUT2D eigenvalue weighted by Gasteiger charge is -2.32. The number of benzene rings is 1. The highest BCUT2D eigenvalue weighted by atomic mass is 19.4. The van der Waals surface area contributed by atoms with Gasteiger partial charge in [-0.3, -0.25) is 4.79 Å². The molecular formula is C17H18F3N5O. The average Bonchev–Trinajstić information content (AvgIpc) is 2.61. The van der Waals surface area contributed by atoms with E-state index in [0.717, 1.165) is 19.2 Å². The van der Waals surface area contributed by atoms with Crippen LogP contribution in [0, 0.1) is 0 Å². The van der Waals surface area contributed by atoms with E-state index in [1.54, 1.807) is 4.90 Å². The molecule has 26 heavy (non-hydrogen) atoms. The molecule has 1 aliphatic rings. The number of likely N-dealkylation sites (N-methyl/N-ethyl adjacent to an activating group) is 1. The van der Waals surface area contributed by atoms with Gasteiger partial charge in [-0.15, -0.1) is 0 Å². The molecule has 6 nitrogen and oxygen atoms in total. The fourth-order valence-corrected chi connectivity index (χ4v) is 2.67. The minimum absolute atomic E-state index is 0.0540. The number of piperazine rings is 1. The van der Waals surface area contributed by atoms with Gasteiger partial charge >= 0.3 is 6.18 Å². The first kappa shape index (κ1) is 18.1. The quantitative estimate of drug-likeness (QED) is 0.906. The molecule has 0 saturated carbocycles. The topological polar surface area (TPSA) is 61.4 Å². The van der Waals surface area contributed by atoms with E-state index in [9.17, 15) is 18.0 Å². The number of carbonyl (C=O) groups is 1. The molecule has 1 saturated heterocycles. The molecule has 0 radical (unpaired) electrons. The van der Waals surface area contributed by atoms with Gasteiger partial charge in [0.15, 0.2) is 0 Å². The largest absolute Gasteiger partial charge is 0.418 e. The second-order valence-corrected chi connectivity index (χ2v) is 6.03. The van der Waals surface area contributed by atoms with Crippen LogP contribution in [0.15, 0.2) is 36.5 Å². The first-order valence-electron chi connectivity index (χ1n) is 8.09. The van der Waals surface area contributed by atoms with Crippen LogP contribution in [0.25, 0.3) is 0 Å². The van der Waals surface area contributed by atoms with Gasteiger partial charge < -0.3 is 15.1 Å². The number of amides is 1. The summed E-state index contributed by atoms with van der Waals surface area (Å²) in [6.07, 6.45) is -3.15. The van der Waals surface area contributed by atoms with Crippen molar-refractivity contribution in [1.82, 2.24) is 19.8 Å². The van der Waals surface area contributed by atoms with Crippen LogP contribution in [0.2, 0.25) is 0 Å². The van der Waals surface area contributed by atoms with Crippen molar-refractivity contribution >= 4 is 17.5 Å². The minimum Gasteiger partial charge on any atom is -0.335 e. The summed E-state index contributed by atoms with van der Waals surface area (Å²) in [7, 11) is 1.98. The molecule has 0 atom stereocenters. The molecule has 0 unspecified atom stereocenters. The van der Waals surface area contributed by atoms with Crippen LogP contribution in [-0.4, -0.2) is 58.9 Å². The van der Waals surface area contributed by atoms with Crippen LogP contribution >= 0.6 is 0 Å². The summed E-state index contributed by atoms with van der Waals surface area (Å²) in [6.45, 7) is 2.69. The highest BCUT2D eigenvalue weighted by molar-refractivity contribution is 5.92. The number of anilines is 2. The minimum atomic E-state index is -4.50. The average molecular weight is 365 g/mol. The van der Waals surface area contributed by atoms with E-state index < -0.39 is 11.7 Å². The maximum absolute atomic E-state index is 13.1. The van der Waals surface area contributed by atoms with Gasteiger partial charge in [0, 0.05) is 32.4 Å². The number of alkyl halides is 3. The van der Waals surface area contributed by atoms with Gasteiger partial charge in [0.1, 0.15) is 5.69 Å². The molecule has 3 rings (SSSR count). The molecule has 2 heterocycles. The van der Waals surface area contributed by atoms with Gasteiger partial charge in [-0.25, -0.2) is 9.97 Å². The Labute approximate surface area is 148 Å². The first-order valence-corrected chi connectivity index (χ1v) is 8.09. The summed E-state index contributed by atoms with van der Waals surface area (Å²) >= 11 is 0. The van der Waals surface area contributed by atoms with E-state index in [0.29, 0.717) is 13.1 Å². The standard InChI is InChI=1S/C17H18F3N5O/c1-24-8-10-25(11-9-24)15(26)14-6-7-21-16(23-14)22-13-5-3-2-4-12(13)17(18,19)20/h2-7H,8-11H2,1H3,(H,21,22,23). The Morgan fingerprint density at radius 2 is 1.81 bits per heavy atom. The number of hydrogen-bond acceptors (Lipinski definition) is 5. The van der Waals surface area contributed by atoms with Crippen LogP contribution < -0.4 is 5.32 Å². The van der Waals surface area contributed by atoms with Crippen molar-refractivity contribution in [1.29, 1.82) is 0 Å². The lowest BCUT2D eigenvalue weighted by Crippen LogP contribution is -2.47. The second kappa shape index (κ2) is 7.28. The SMILES string of the molecule is CN1CCN(C(=O)c2ccnc(Nc3ccccc3C(F)(F)F)n2)CC1. The fourth-order valence-electron chi connectivity index (χ4n) is 2.67. The second-order valence-electron chi connectivity index (χ2n) is 6.03. The number of carbonyl (C=O) groups excluding carboxylic acids is 1. The molecule has 0 spiro atoms. The van der Waals surface area contributed by atoms with Crippen LogP contribution in [0.3, 0.4) is 0 Å². The first-order chi connectivity index (χ1) is 12.3. The third kappa shape index (κ3) is 4.10. The Balaban J connectivity index is 1.79. The van der Waals surface area contributed by atoms with Gasteiger partial charge in [0.2, 0.25) is 5.95 Å². The number of para-hydroxylation sites is 1. The number of nitrogens with zero attached hydrogens (tertiary/aromatic N) is 4. The Morgan fingerprint density at radius 3 is 2.50 bits per heavy atom. The molecule has 1 N–H and O–H groups in total. The van der Waals surface area contributed by atoms with E-state index in [4.69, 9.17) is 0 Å². The predicted octanol–water partition coefficient (Wildman–Crippen LogP) is 2.63. The summed E-state index contributed by atoms with van der Waals surface area (Å²) in [6, 6.07) is 6.52. The summed E-state index contributed by atoms with van der Waals surface area (Å²) in [5.41, 5.74) is -0.833. The molecule has 2 aromatic rings. The van der Waals surface area contributed by atoms with E-state index in [1.807, 2.05) is 7.05 Å². The Bertz CT molecular complexity index is 788. The molecular weight excluding hydrogens is 347 g/mol. The zero-order valence-corrected chi connectivity index (χ0v) is 14.1. The molecule has 0 bridgehead atoms. The molecule has 1 amide bonds. The zero-order chi connectivity index (χ0) is 18.7. The van der Waals surface area contributed by atoms with Crippen molar-refractivity contribution in [2.75, 3.05) is 38.5 Å². The molecule has 9 heteroatoms. The molecule has 1 aromatic heterocycles. The predicted molar refractivity (Wildman–Crippen MR) is 90.2 cm³/mol. The summed E-state index contributed by atoms with van der Waals surface area (Å²) < 4.78 is 39.3. The van der Waals surface area contributed by atoms with Crippen molar-refractivity contribution in [3.8, 4) is 0 Å². The molecule has 1 aromatic carbocycles. The van der Waals surface area contributed by atoms with Gasteiger partial charge in [-0.1, -0.05) is 12.1 Å². The van der Waals surface area contributed by atoms with E-state index in [2.05, 4.69) is 20.2 Å². The molecule has 0 aliphatic carbocycles. The molecule has 138 valence electrons. The zero-order valence-electron chi connectivity index (χ0n) is 14.1. The summed E-state index contributed by atoms with van der Waals surface area (Å²) in [5, 5.41) is 2.56. The van der Waals surface area contributed by atoms with Crippen molar-refractivity contribution < 1.29 is 18.0 Å². The van der Waals surface area contributed by atoms with Crippen LogP contribution in [0.1, 0.15) is 16.1 Å². The fraction of sp³-hybridized carbons (Fsp3) is 0.353. The highest BCUT2D eigenvalue weighted by Crippen LogP contribution is 2.35. The smallest absolute Gasteiger partial charge is 0.335 e. The van der Waals surface area contributed by atoms with Crippen LogP contribution in [-0.2, 0) is 6.18 Å². The van der Waals surface area contributed by atoms with Crippen molar-refractivity contribution in [2.45, 2.75) is 6.18 Å². The number of aromatic nitrogens is 2. The van der Waals surface area contributed by atoms with Crippen LogP contribution in [0.4, 0.5) is 24.8 Å². The highest BCUT2D eigenvalue weighted by Gasteiger charge is 2.33. The lowest BCUT2D eigenvalue weighted by molar-refractivity contribution is -0.136. The number of hydrogen-bond donors (Lipinski definition) is 1. The van der Waals surface area contributed by atoms with E-state index in [1.165, 1.54) is 30.5 Å². The number of nitrogens with one attached hydrogen (secondary N) is 1. The number of halogens is 3. The van der Waals surface area contributed by atoms with E-state index in [-0.39, 0.29) is 23.2 Å². The van der Waals surface area contributed by atoms with Crippen molar-refractivity contribution in [3.05, 3.63) is 47.8 Å². The molecule has 1 aliphatic heterocycles. The maximum Gasteiger partial charge on any atom is 0.418 e. The maximum atomic E-state index is 13.1. The van der Waals surface area contributed by atoms with Gasteiger partial charge in [0.05, 0.1) is 11.3 Å². The van der Waals surface area contributed by atoms with Crippen molar-refractivity contribution in [2.24, 2.45) is 0 Å². The summed E-state index contributed by atoms with van der Waals surface area (Å²) in [4.78, 5) is 24.4. The van der Waals surface area contributed by atoms with E-state index >= 15 is 0 Å². The summed E-state index contributed by atoms with van der Waals surface area (Å²) in [5.74, 6) is -0.311. The lowest BCUT2D eigenvalue weighted by atomic mass is 10.1. The third-order valence-corrected chi connectivity index (χ3v) is 4.14. The monoisotopic (exact) mass is 365 g/mol. The van der Waals surface area contributed by atoms with Gasteiger partial charge in [-0.05, 0) is 25.2 Å². The number of rotatable bonds is 3. The van der Waals surface area contributed by atoms with Crippen LogP contribution in [0.5, 0.6) is 0 Å².